The number of benzene rings is 2. The highest BCUT2D eigenvalue weighted by molar-refractivity contribution is 8.03. The zero-order valence-corrected chi connectivity index (χ0v) is 25.9. The van der Waals surface area contributed by atoms with E-state index in [4.69, 9.17) is 27.2 Å². The molecule has 4 rings (SSSR count). The summed E-state index contributed by atoms with van der Waals surface area (Å²) in [5.41, 5.74) is 7.14. The van der Waals surface area contributed by atoms with E-state index in [0.29, 0.717) is 11.8 Å². The van der Waals surface area contributed by atoms with Crippen molar-refractivity contribution in [1.29, 1.82) is 0 Å². The average molecular weight is 560 g/mol. The van der Waals surface area contributed by atoms with Gasteiger partial charge in [0, 0.05) is 12.5 Å². The Morgan fingerprint density at radius 3 is 2.08 bits per heavy atom. The van der Waals surface area contributed by atoms with Crippen LogP contribution in [0.4, 0.5) is 0 Å². The Balaban J connectivity index is 0.000000228. The second-order valence-corrected chi connectivity index (χ2v) is 15.2. The Morgan fingerprint density at radius 1 is 0.865 bits per heavy atom. The first kappa shape index (κ1) is 31.8. The first-order chi connectivity index (χ1) is 17.6. The summed E-state index contributed by atoms with van der Waals surface area (Å²) in [4.78, 5) is 0. The molecule has 0 heterocycles. The molecular weight excluding hydrogens is 514 g/mol. The zero-order valence-electron chi connectivity index (χ0n) is 23.5. The van der Waals surface area contributed by atoms with Gasteiger partial charge in [0.05, 0.1) is 12.2 Å². The van der Waals surface area contributed by atoms with Crippen LogP contribution in [0.1, 0.15) is 89.3 Å². The molecule has 2 aromatic rings. The van der Waals surface area contributed by atoms with Crippen molar-refractivity contribution in [2.24, 2.45) is 5.92 Å². The van der Waals surface area contributed by atoms with Crippen molar-refractivity contribution < 1.29 is 4.74 Å². The standard InChI is InChI=1S/C16H28O.C16H14.CH3Cl2P/c1-14-10-11-15(13-14)9-7-5-6-8-12-17-16(2,3)4;1-12-15-10-6-5-9-14(15)11-16(12)13-7-3-2-4-8-13;1-4(2)3/h10-11,13-14H,5-9,12H2,1-4H3;2-12H,1H3;1H3. The summed E-state index contributed by atoms with van der Waals surface area (Å²) in [7, 11) is 0. The van der Waals surface area contributed by atoms with Gasteiger partial charge < -0.3 is 4.74 Å². The second-order valence-electron chi connectivity index (χ2n) is 10.8. The van der Waals surface area contributed by atoms with Gasteiger partial charge in [0.1, 0.15) is 0 Å². The van der Waals surface area contributed by atoms with Crippen molar-refractivity contribution >= 4 is 40.8 Å². The van der Waals surface area contributed by atoms with Gasteiger partial charge in [0.15, 0.2) is 0 Å². The van der Waals surface area contributed by atoms with E-state index in [0.717, 1.165) is 6.61 Å². The molecule has 0 saturated carbocycles. The van der Waals surface area contributed by atoms with E-state index < -0.39 is 6.63 Å². The Labute approximate surface area is 237 Å². The van der Waals surface area contributed by atoms with Crippen molar-refractivity contribution in [2.45, 2.75) is 78.2 Å². The molecule has 37 heavy (non-hydrogen) atoms. The van der Waals surface area contributed by atoms with Crippen molar-refractivity contribution in [3.8, 4) is 0 Å². The van der Waals surface area contributed by atoms with E-state index in [-0.39, 0.29) is 5.60 Å². The molecule has 0 bridgehead atoms. The molecule has 0 N–H and O–H groups in total. The minimum atomic E-state index is -0.676. The normalized spacial score (nSPS) is 17.9. The molecule has 4 heteroatoms. The van der Waals surface area contributed by atoms with Gasteiger partial charge in [-0.15, -0.1) is 0 Å². The number of allylic oxidation sites excluding steroid dienone is 5. The van der Waals surface area contributed by atoms with E-state index in [9.17, 15) is 0 Å². The lowest BCUT2D eigenvalue weighted by molar-refractivity contribution is -0.00473. The lowest BCUT2D eigenvalue weighted by Gasteiger charge is -2.19. The minimum absolute atomic E-state index is 0.0234. The molecule has 202 valence electrons. The summed E-state index contributed by atoms with van der Waals surface area (Å²) in [6, 6.07) is 19.3. The molecule has 0 spiro atoms. The van der Waals surface area contributed by atoms with Crippen LogP contribution in [0.2, 0.25) is 0 Å². The molecule has 2 atom stereocenters. The molecule has 0 fully saturated rings. The molecular formula is C33H45Cl2OP. The molecule has 0 saturated heterocycles. The van der Waals surface area contributed by atoms with Crippen molar-refractivity contribution in [3.05, 3.63) is 95.1 Å². The number of unbranched alkanes of at least 4 members (excludes halogenated alkanes) is 3. The van der Waals surface area contributed by atoms with Gasteiger partial charge >= 0.3 is 0 Å². The number of fused-ring (bicyclic) bond motifs is 1. The van der Waals surface area contributed by atoms with E-state index in [1.165, 1.54) is 59.9 Å². The number of hydrogen-bond acceptors (Lipinski definition) is 1. The lowest BCUT2D eigenvalue weighted by Crippen LogP contribution is -2.19. The predicted molar refractivity (Wildman–Crippen MR) is 169 cm³/mol. The smallest absolute Gasteiger partial charge is 0.0823 e. The molecule has 0 radical (unpaired) electrons. The topological polar surface area (TPSA) is 9.23 Å². The molecule has 2 unspecified atom stereocenters. The van der Waals surface area contributed by atoms with Crippen LogP contribution < -0.4 is 0 Å². The maximum Gasteiger partial charge on any atom is 0.0823 e. The van der Waals surface area contributed by atoms with E-state index in [1.807, 2.05) is 0 Å². The third-order valence-corrected chi connectivity index (χ3v) is 6.33. The van der Waals surface area contributed by atoms with Crippen LogP contribution >= 0.6 is 29.1 Å². The maximum absolute atomic E-state index is 5.70. The maximum atomic E-state index is 5.70. The van der Waals surface area contributed by atoms with Crippen molar-refractivity contribution in [2.75, 3.05) is 13.3 Å². The van der Waals surface area contributed by atoms with E-state index in [1.54, 1.807) is 6.66 Å². The highest BCUT2D eigenvalue weighted by Gasteiger charge is 2.21. The second kappa shape index (κ2) is 16.6. The van der Waals surface area contributed by atoms with Gasteiger partial charge in [-0.3, -0.25) is 0 Å². The van der Waals surface area contributed by atoms with E-state index in [2.05, 4.69) is 114 Å². The van der Waals surface area contributed by atoms with E-state index >= 15 is 0 Å². The monoisotopic (exact) mass is 558 g/mol. The molecule has 2 aliphatic carbocycles. The quantitative estimate of drug-likeness (QED) is 0.231. The first-order valence-corrected chi connectivity index (χ1v) is 17.1. The van der Waals surface area contributed by atoms with Crippen LogP contribution in [0.15, 0.2) is 78.4 Å². The number of ether oxygens (including phenoxy) is 1. The molecule has 0 amide bonds. The summed E-state index contributed by atoms with van der Waals surface area (Å²) < 4.78 is 5.70. The van der Waals surface area contributed by atoms with Crippen LogP contribution in [-0.2, 0) is 4.74 Å². The highest BCUT2D eigenvalue weighted by Crippen LogP contribution is 2.41. The fourth-order valence-electron chi connectivity index (χ4n) is 4.51. The van der Waals surface area contributed by atoms with Gasteiger partial charge in [-0.05, 0) is 74.9 Å². The number of hydrogen-bond donors (Lipinski definition) is 0. The first-order valence-electron chi connectivity index (χ1n) is 13.5. The van der Waals surface area contributed by atoms with Gasteiger partial charge in [-0.25, -0.2) is 0 Å². The summed E-state index contributed by atoms with van der Waals surface area (Å²) >= 11 is 10.2. The molecule has 0 aromatic heterocycles. The summed E-state index contributed by atoms with van der Waals surface area (Å²) in [5, 5.41) is 0. The Morgan fingerprint density at radius 2 is 1.49 bits per heavy atom. The minimum Gasteiger partial charge on any atom is -0.376 e. The number of halogens is 2. The predicted octanol–water partition coefficient (Wildman–Crippen LogP) is 11.6. The van der Waals surface area contributed by atoms with Crippen LogP contribution in [0.3, 0.4) is 0 Å². The molecule has 2 aromatic carbocycles. The average Bonchev–Trinajstić information content (AvgIpc) is 3.41. The van der Waals surface area contributed by atoms with Gasteiger partial charge in [0.2, 0.25) is 0 Å². The largest absolute Gasteiger partial charge is 0.376 e. The summed E-state index contributed by atoms with van der Waals surface area (Å²) in [6.07, 6.45) is 15.6. The van der Waals surface area contributed by atoms with Gasteiger partial charge in [-0.1, -0.05) is 134 Å². The fraction of sp³-hybridized carbons (Fsp3) is 0.455. The zero-order chi connectivity index (χ0) is 27.3. The number of rotatable bonds is 8. The Bertz CT molecular complexity index is 1020. The van der Waals surface area contributed by atoms with Crippen LogP contribution in [0, 0.1) is 5.92 Å². The van der Waals surface area contributed by atoms with Gasteiger partial charge in [0.25, 0.3) is 0 Å². The van der Waals surface area contributed by atoms with Gasteiger partial charge in [-0.2, -0.15) is 0 Å². The SMILES string of the molecule is CC1C(c2ccccc2)=Cc2ccccc21.CC1C=CC(CCCCCCOC(C)(C)C)=C1.CP(Cl)Cl. The highest BCUT2D eigenvalue weighted by atomic mass is 35.9. The Kier molecular flexibility index (Phi) is 14.3. The van der Waals surface area contributed by atoms with Crippen LogP contribution in [-0.4, -0.2) is 18.9 Å². The fourth-order valence-corrected chi connectivity index (χ4v) is 4.51. The summed E-state index contributed by atoms with van der Waals surface area (Å²) in [6.45, 7) is 12.9. The summed E-state index contributed by atoms with van der Waals surface area (Å²) in [5.74, 6) is 1.17. The third-order valence-electron chi connectivity index (χ3n) is 6.33. The van der Waals surface area contributed by atoms with Crippen molar-refractivity contribution in [1.82, 2.24) is 0 Å². The lowest BCUT2D eigenvalue weighted by atomic mass is 9.93. The van der Waals surface area contributed by atoms with Crippen LogP contribution in [0.25, 0.3) is 11.6 Å². The Hall–Kier alpha value is -1.37. The molecule has 2 aliphatic rings. The van der Waals surface area contributed by atoms with Crippen molar-refractivity contribution in [3.63, 3.8) is 0 Å². The van der Waals surface area contributed by atoms with Crippen LogP contribution in [0.5, 0.6) is 0 Å². The molecule has 0 aliphatic heterocycles. The molecule has 1 nitrogen and oxygen atoms in total. The third kappa shape index (κ3) is 12.8.